The topological polar surface area (TPSA) is 44.5 Å². The van der Waals surface area contributed by atoms with Crippen molar-refractivity contribution in [3.05, 3.63) is 0 Å². The van der Waals surface area contributed by atoms with E-state index in [4.69, 9.17) is 15.2 Å². The highest BCUT2D eigenvalue weighted by Crippen LogP contribution is 2.29. The molecule has 0 radical (unpaired) electrons. The van der Waals surface area contributed by atoms with Gasteiger partial charge >= 0.3 is 0 Å². The van der Waals surface area contributed by atoms with Crippen molar-refractivity contribution in [2.45, 2.75) is 26.1 Å². The maximum absolute atomic E-state index is 5.48. The fourth-order valence-corrected chi connectivity index (χ4v) is 1.33. The van der Waals surface area contributed by atoms with Gasteiger partial charge in [0, 0.05) is 5.92 Å². The molecule has 2 N–H and O–H groups in total. The fraction of sp³-hybridized carbons (Fsp3) is 1.00. The van der Waals surface area contributed by atoms with Crippen molar-refractivity contribution in [1.29, 1.82) is 0 Å². The van der Waals surface area contributed by atoms with Gasteiger partial charge in [0.25, 0.3) is 0 Å². The van der Waals surface area contributed by atoms with Crippen LogP contribution in [0.2, 0.25) is 0 Å². The molecule has 3 nitrogen and oxygen atoms in total. The summed E-state index contributed by atoms with van der Waals surface area (Å²) in [5.41, 5.74) is 5.44. The van der Waals surface area contributed by atoms with Crippen molar-refractivity contribution >= 4 is 0 Å². The van der Waals surface area contributed by atoms with Crippen molar-refractivity contribution in [3.8, 4) is 0 Å². The van der Waals surface area contributed by atoms with Gasteiger partial charge in [-0.3, -0.25) is 0 Å². The molecule has 1 aliphatic heterocycles. The summed E-state index contributed by atoms with van der Waals surface area (Å²) in [6.45, 7) is 6.22. The van der Waals surface area contributed by atoms with Gasteiger partial charge in [0.05, 0.1) is 13.2 Å². The van der Waals surface area contributed by atoms with E-state index in [0.717, 1.165) is 6.42 Å². The van der Waals surface area contributed by atoms with E-state index in [1.165, 1.54) is 0 Å². The van der Waals surface area contributed by atoms with Crippen LogP contribution in [0, 0.1) is 5.92 Å². The van der Waals surface area contributed by atoms with Crippen LogP contribution in [0.15, 0.2) is 0 Å². The molecule has 66 valence electrons. The van der Waals surface area contributed by atoms with Gasteiger partial charge in [-0.2, -0.15) is 0 Å². The first-order valence-electron chi connectivity index (χ1n) is 4.17. The highest BCUT2D eigenvalue weighted by Gasteiger charge is 2.36. The molecule has 0 spiro atoms. The lowest BCUT2D eigenvalue weighted by atomic mass is 9.99. The molecule has 0 bridgehead atoms. The average molecular weight is 159 g/mol. The van der Waals surface area contributed by atoms with Crippen LogP contribution in [0.25, 0.3) is 0 Å². The lowest BCUT2D eigenvalue weighted by molar-refractivity contribution is -0.177. The number of hydrogen-bond acceptors (Lipinski definition) is 3. The molecule has 0 aromatic heterocycles. The minimum atomic E-state index is -0.376. The second kappa shape index (κ2) is 3.52. The summed E-state index contributed by atoms with van der Waals surface area (Å²) in [4.78, 5) is 0. The normalized spacial score (nSPS) is 25.4. The predicted octanol–water partition coefficient (Wildman–Crippen LogP) is 0.734. The van der Waals surface area contributed by atoms with E-state index in [-0.39, 0.29) is 5.79 Å². The zero-order valence-corrected chi connectivity index (χ0v) is 7.30. The lowest BCUT2D eigenvalue weighted by Gasteiger charge is -2.29. The van der Waals surface area contributed by atoms with E-state index in [0.29, 0.717) is 25.7 Å². The smallest absolute Gasteiger partial charge is 0.168 e. The summed E-state index contributed by atoms with van der Waals surface area (Å²) in [6.07, 6.45) is 0.955. The number of ether oxygens (including phenoxy) is 2. The van der Waals surface area contributed by atoms with Gasteiger partial charge in [0.15, 0.2) is 5.79 Å². The molecule has 11 heavy (non-hydrogen) atoms. The second-order valence-corrected chi connectivity index (χ2v) is 3.19. The van der Waals surface area contributed by atoms with Gasteiger partial charge < -0.3 is 15.2 Å². The monoisotopic (exact) mass is 159 g/mol. The van der Waals surface area contributed by atoms with Crippen molar-refractivity contribution in [1.82, 2.24) is 0 Å². The largest absolute Gasteiger partial charge is 0.348 e. The van der Waals surface area contributed by atoms with Crippen LogP contribution in [0.1, 0.15) is 20.3 Å². The van der Waals surface area contributed by atoms with Crippen molar-refractivity contribution < 1.29 is 9.47 Å². The summed E-state index contributed by atoms with van der Waals surface area (Å²) in [6, 6.07) is 0. The van der Waals surface area contributed by atoms with Crippen LogP contribution in [0.4, 0.5) is 0 Å². The molecule has 1 atom stereocenters. The quantitative estimate of drug-likeness (QED) is 0.660. The van der Waals surface area contributed by atoms with E-state index in [1.807, 2.05) is 6.92 Å². The van der Waals surface area contributed by atoms with E-state index in [9.17, 15) is 0 Å². The van der Waals surface area contributed by atoms with Gasteiger partial charge in [-0.25, -0.2) is 0 Å². The molecule has 1 unspecified atom stereocenters. The van der Waals surface area contributed by atoms with Crippen LogP contribution in [0.3, 0.4) is 0 Å². The minimum Gasteiger partial charge on any atom is -0.348 e. The Bertz CT molecular complexity index is 121. The van der Waals surface area contributed by atoms with Gasteiger partial charge in [-0.05, 0) is 19.9 Å². The zero-order chi connectivity index (χ0) is 8.32. The first kappa shape index (κ1) is 8.97. The molecule has 0 amide bonds. The summed E-state index contributed by atoms with van der Waals surface area (Å²) >= 11 is 0. The standard InChI is InChI=1S/C8H17NO2/c1-7(3-4-9)8(2)10-5-6-11-8/h7H,3-6,9H2,1-2H3. The van der Waals surface area contributed by atoms with Crippen LogP contribution in [0.5, 0.6) is 0 Å². The van der Waals surface area contributed by atoms with Crippen LogP contribution < -0.4 is 5.73 Å². The molecule has 1 rings (SSSR count). The molecule has 0 aromatic carbocycles. The molecule has 1 aliphatic rings. The third-order valence-corrected chi connectivity index (χ3v) is 2.36. The van der Waals surface area contributed by atoms with E-state index in [1.54, 1.807) is 0 Å². The molecule has 0 saturated carbocycles. The summed E-state index contributed by atoms with van der Waals surface area (Å²) in [5.74, 6) is 0.00863. The van der Waals surface area contributed by atoms with E-state index >= 15 is 0 Å². The minimum absolute atomic E-state index is 0.376. The van der Waals surface area contributed by atoms with Gasteiger partial charge in [-0.1, -0.05) is 6.92 Å². The lowest BCUT2D eigenvalue weighted by Crippen LogP contribution is -2.35. The Morgan fingerprint density at radius 3 is 2.45 bits per heavy atom. The Kier molecular flexibility index (Phi) is 2.87. The fourth-order valence-electron chi connectivity index (χ4n) is 1.33. The van der Waals surface area contributed by atoms with Crippen LogP contribution >= 0.6 is 0 Å². The number of nitrogens with two attached hydrogens (primary N) is 1. The maximum Gasteiger partial charge on any atom is 0.168 e. The van der Waals surface area contributed by atoms with Crippen molar-refractivity contribution in [3.63, 3.8) is 0 Å². The third kappa shape index (κ3) is 1.92. The molecular weight excluding hydrogens is 142 g/mol. The van der Waals surface area contributed by atoms with Crippen LogP contribution in [-0.2, 0) is 9.47 Å². The van der Waals surface area contributed by atoms with Crippen molar-refractivity contribution in [2.24, 2.45) is 11.7 Å². The van der Waals surface area contributed by atoms with E-state index in [2.05, 4.69) is 6.92 Å². The summed E-state index contributed by atoms with van der Waals surface area (Å²) in [7, 11) is 0. The van der Waals surface area contributed by atoms with Gasteiger partial charge in [0.1, 0.15) is 0 Å². The van der Waals surface area contributed by atoms with Crippen LogP contribution in [-0.4, -0.2) is 25.5 Å². The molecule has 0 aromatic rings. The molecule has 1 heterocycles. The number of rotatable bonds is 3. The molecule has 3 heteroatoms. The maximum atomic E-state index is 5.48. The molecule has 0 aliphatic carbocycles. The molecule has 1 saturated heterocycles. The first-order valence-corrected chi connectivity index (χ1v) is 4.17. The Morgan fingerprint density at radius 1 is 1.45 bits per heavy atom. The summed E-state index contributed by atoms with van der Waals surface area (Å²) < 4.78 is 11.0. The first-order chi connectivity index (χ1) is 5.19. The zero-order valence-electron chi connectivity index (χ0n) is 7.30. The predicted molar refractivity (Wildman–Crippen MR) is 43.1 cm³/mol. The summed E-state index contributed by atoms with van der Waals surface area (Å²) in [5, 5.41) is 0. The van der Waals surface area contributed by atoms with Gasteiger partial charge in [0.2, 0.25) is 0 Å². The third-order valence-electron chi connectivity index (χ3n) is 2.36. The Balaban J connectivity index is 2.42. The second-order valence-electron chi connectivity index (χ2n) is 3.19. The van der Waals surface area contributed by atoms with Gasteiger partial charge in [-0.15, -0.1) is 0 Å². The highest BCUT2D eigenvalue weighted by atomic mass is 16.7. The van der Waals surface area contributed by atoms with E-state index < -0.39 is 0 Å². The Hall–Kier alpha value is -0.120. The highest BCUT2D eigenvalue weighted by molar-refractivity contribution is 4.75. The Morgan fingerprint density at radius 2 is 2.00 bits per heavy atom. The van der Waals surface area contributed by atoms with Crippen molar-refractivity contribution in [2.75, 3.05) is 19.8 Å². The SMILES string of the molecule is CC(CCN)C1(C)OCCO1. The average Bonchev–Trinajstić information content (AvgIpc) is 2.38. The molecular formula is C8H17NO2. The Labute approximate surface area is 67.9 Å². The number of hydrogen-bond donors (Lipinski definition) is 1. The molecule has 1 fully saturated rings.